The normalized spacial score (nSPS) is 11.0. The van der Waals surface area contributed by atoms with Gasteiger partial charge in [0.15, 0.2) is 5.65 Å². The van der Waals surface area contributed by atoms with E-state index in [1.165, 1.54) is 18.2 Å². The Kier molecular flexibility index (Phi) is 4.00. The second kappa shape index (κ2) is 6.34. The molecule has 0 aliphatic carbocycles. The number of nitrogens with zero attached hydrogens (tertiary/aromatic N) is 2. The standard InChI is InChI=1S/C19H11BrFN3O2/c20-14-4-2-1-3-12(14)15-9-13(19(25)26)16-17(23-24-18(16)22-15)10-5-7-11(21)8-6-10/h1-9H,(H,25,26)(H,22,23,24). The number of carbonyl (C=O) groups is 1. The van der Waals surface area contributed by atoms with Gasteiger partial charge in [-0.1, -0.05) is 34.1 Å². The van der Waals surface area contributed by atoms with Crippen LogP contribution in [0.3, 0.4) is 0 Å². The van der Waals surface area contributed by atoms with Crippen LogP contribution in [-0.2, 0) is 0 Å². The zero-order valence-electron chi connectivity index (χ0n) is 13.2. The number of aromatic amines is 1. The van der Waals surface area contributed by atoms with Crippen LogP contribution in [-0.4, -0.2) is 26.3 Å². The Morgan fingerprint density at radius 3 is 2.54 bits per heavy atom. The van der Waals surface area contributed by atoms with Crippen molar-refractivity contribution < 1.29 is 14.3 Å². The molecule has 4 aromatic rings. The van der Waals surface area contributed by atoms with E-state index in [1.807, 2.05) is 24.3 Å². The van der Waals surface area contributed by atoms with Crippen molar-refractivity contribution in [1.29, 1.82) is 0 Å². The molecule has 0 fully saturated rings. The summed E-state index contributed by atoms with van der Waals surface area (Å²) in [6.45, 7) is 0. The lowest BCUT2D eigenvalue weighted by atomic mass is 10.0. The summed E-state index contributed by atoms with van der Waals surface area (Å²) in [6.07, 6.45) is 0. The number of halogens is 2. The predicted octanol–water partition coefficient (Wildman–Crippen LogP) is 4.89. The van der Waals surface area contributed by atoms with E-state index in [1.54, 1.807) is 12.1 Å². The number of nitrogens with one attached hydrogen (secondary N) is 1. The number of benzene rings is 2. The summed E-state index contributed by atoms with van der Waals surface area (Å²) >= 11 is 3.46. The van der Waals surface area contributed by atoms with Gasteiger partial charge in [0, 0.05) is 15.6 Å². The summed E-state index contributed by atoms with van der Waals surface area (Å²) in [5.74, 6) is -1.46. The number of pyridine rings is 1. The molecule has 0 bridgehead atoms. The van der Waals surface area contributed by atoms with Crippen molar-refractivity contribution in [3.05, 3.63) is 70.5 Å². The molecule has 2 aromatic heterocycles. The van der Waals surface area contributed by atoms with Gasteiger partial charge in [-0.3, -0.25) is 5.10 Å². The molecule has 2 N–H and O–H groups in total. The van der Waals surface area contributed by atoms with Crippen LogP contribution in [0.2, 0.25) is 0 Å². The number of H-pyrrole nitrogens is 1. The molecular formula is C19H11BrFN3O2. The fourth-order valence-corrected chi connectivity index (χ4v) is 3.31. The van der Waals surface area contributed by atoms with Crippen molar-refractivity contribution in [1.82, 2.24) is 15.2 Å². The molecule has 0 atom stereocenters. The van der Waals surface area contributed by atoms with Crippen LogP contribution in [0, 0.1) is 5.82 Å². The van der Waals surface area contributed by atoms with E-state index in [9.17, 15) is 14.3 Å². The highest BCUT2D eigenvalue weighted by Gasteiger charge is 2.20. The number of hydrogen-bond donors (Lipinski definition) is 2. The topological polar surface area (TPSA) is 78.9 Å². The van der Waals surface area contributed by atoms with Crippen molar-refractivity contribution in [2.45, 2.75) is 0 Å². The molecule has 7 heteroatoms. The van der Waals surface area contributed by atoms with Crippen molar-refractivity contribution in [2.24, 2.45) is 0 Å². The summed E-state index contributed by atoms with van der Waals surface area (Å²) in [4.78, 5) is 16.4. The van der Waals surface area contributed by atoms with Gasteiger partial charge < -0.3 is 5.11 Å². The molecule has 0 unspecified atom stereocenters. The molecule has 2 aromatic carbocycles. The first-order valence-corrected chi connectivity index (χ1v) is 8.47. The number of fused-ring (bicyclic) bond motifs is 1. The summed E-state index contributed by atoms with van der Waals surface area (Å²) < 4.78 is 14.0. The number of carboxylic acids is 1. The Bertz CT molecular complexity index is 1140. The second-order valence-corrected chi connectivity index (χ2v) is 6.50. The Labute approximate surface area is 155 Å². The molecule has 4 rings (SSSR count). The lowest BCUT2D eigenvalue weighted by Gasteiger charge is -2.07. The molecule has 0 amide bonds. The summed E-state index contributed by atoms with van der Waals surface area (Å²) in [6, 6.07) is 14.7. The first-order valence-electron chi connectivity index (χ1n) is 7.68. The zero-order valence-corrected chi connectivity index (χ0v) is 14.8. The smallest absolute Gasteiger partial charge is 0.336 e. The fourth-order valence-electron chi connectivity index (χ4n) is 2.82. The Hall–Kier alpha value is -3.06. The van der Waals surface area contributed by atoms with Crippen molar-refractivity contribution in [3.63, 3.8) is 0 Å². The quantitative estimate of drug-likeness (QED) is 0.502. The average molecular weight is 412 g/mol. The molecule has 0 radical (unpaired) electrons. The Morgan fingerprint density at radius 1 is 1.12 bits per heavy atom. The van der Waals surface area contributed by atoms with E-state index in [2.05, 4.69) is 31.1 Å². The summed E-state index contributed by atoms with van der Waals surface area (Å²) in [7, 11) is 0. The van der Waals surface area contributed by atoms with Crippen LogP contribution in [0.25, 0.3) is 33.5 Å². The van der Waals surface area contributed by atoms with Gasteiger partial charge in [0.05, 0.1) is 22.3 Å². The van der Waals surface area contributed by atoms with Crippen LogP contribution in [0.4, 0.5) is 4.39 Å². The van der Waals surface area contributed by atoms with E-state index in [0.717, 1.165) is 10.0 Å². The molecule has 0 saturated heterocycles. The van der Waals surface area contributed by atoms with Crippen LogP contribution in [0.5, 0.6) is 0 Å². The minimum absolute atomic E-state index is 0.0776. The van der Waals surface area contributed by atoms with Gasteiger partial charge in [-0.15, -0.1) is 0 Å². The largest absolute Gasteiger partial charge is 0.478 e. The van der Waals surface area contributed by atoms with Crippen molar-refractivity contribution in [3.8, 4) is 22.5 Å². The van der Waals surface area contributed by atoms with Gasteiger partial charge in [-0.05, 0) is 36.4 Å². The fraction of sp³-hybridized carbons (Fsp3) is 0. The third-order valence-corrected chi connectivity index (χ3v) is 4.73. The molecule has 128 valence electrons. The van der Waals surface area contributed by atoms with Gasteiger partial charge in [0.1, 0.15) is 5.82 Å². The molecule has 0 saturated carbocycles. The van der Waals surface area contributed by atoms with Crippen molar-refractivity contribution >= 4 is 32.9 Å². The molecule has 0 aliphatic rings. The lowest BCUT2D eigenvalue weighted by molar-refractivity contribution is 0.0699. The van der Waals surface area contributed by atoms with Gasteiger partial charge >= 0.3 is 5.97 Å². The summed E-state index contributed by atoms with van der Waals surface area (Å²) in [5.41, 5.74) is 2.75. The first-order chi connectivity index (χ1) is 12.5. The molecular weight excluding hydrogens is 401 g/mol. The highest BCUT2D eigenvalue weighted by atomic mass is 79.9. The SMILES string of the molecule is O=C(O)c1cc(-c2ccccc2Br)nc2n[nH]c(-c3ccc(F)cc3)c12. The number of rotatable bonds is 3. The monoisotopic (exact) mass is 411 g/mol. The zero-order chi connectivity index (χ0) is 18.3. The lowest BCUT2D eigenvalue weighted by Crippen LogP contribution is -2.00. The predicted molar refractivity (Wildman–Crippen MR) is 99.4 cm³/mol. The van der Waals surface area contributed by atoms with Crippen LogP contribution in [0.15, 0.2) is 59.1 Å². The highest BCUT2D eigenvalue weighted by molar-refractivity contribution is 9.10. The summed E-state index contributed by atoms with van der Waals surface area (Å²) in [5, 5.41) is 17.1. The Balaban J connectivity index is 1.98. The minimum atomic E-state index is -1.09. The molecule has 5 nitrogen and oxygen atoms in total. The maximum atomic E-state index is 13.2. The highest BCUT2D eigenvalue weighted by Crippen LogP contribution is 2.33. The van der Waals surface area contributed by atoms with E-state index in [4.69, 9.17) is 0 Å². The number of aromatic nitrogens is 3. The minimum Gasteiger partial charge on any atom is -0.478 e. The van der Waals surface area contributed by atoms with Gasteiger partial charge in [0.25, 0.3) is 0 Å². The van der Waals surface area contributed by atoms with E-state index < -0.39 is 5.97 Å². The Morgan fingerprint density at radius 2 is 1.85 bits per heavy atom. The van der Waals surface area contributed by atoms with E-state index in [0.29, 0.717) is 22.3 Å². The molecule has 0 spiro atoms. The molecule has 0 aliphatic heterocycles. The van der Waals surface area contributed by atoms with E-state index in [-0.39, 0.29) is 17.0 Å². The average Bonchev–Trinajstić information content (AvgIpc) is 3.06. The van der Waals surface area contributed by atoms with Crippen LogP contribution < -0.4 is 0 Å². The molecule has 2 heterocycles. The maximum Gasteiger partial charge on any atom is 0.336 e. The third kappa shape index (κ3) is 2.76. The van der Waals surface area contributed by atoms with Gasteiger partial charge in [-0.25, -0.2) is 14.2 Å². The van der Waals surface area contributed by atoms with Gasteiger partial charge in [0.2, 0.25) is 0 Å². The van der Waals surface area contributed by atoms with Gasteiger partial charge in [-0.2, -0.15) is 5.10 Å². The van der Waals surface area contributed by atoms with E-state index >= 15 is 0 Å². The number of hydrogen-bond acceptors (Lipinski definition) is 3. The second-order valence-electron chi connectivity index (χ2n) is 5.64. The number of aromatic carboxylic acids is 1. The van der Waals surface area contributed by atoms with Crippen LogP contribution in [0.1, 0.15) is 10.4 Å². The first kappa shape index (κ1) is 16.4. The van der Waals surface area contributed by atoms with Crippen LogP contribution >= 0.6 is 15.9 Å². The number of carboxylic acid groups (broad SMARTS) is 1. The maximum absolute atomic E-state index is 13.2. The third-order valence-electron chi connectivity index (χ3n) is 4.04. The molecule has 26 heavy (non-hydrogen) atoms. The van der Waals surface area contributed by atoms with Crippen molar-refractivity contribution in [2.75, 3.05) is 0 Å².